The number of aromatic nitrogens is 5. The Morgan fingerprint density at radius 2 is 2.00 bits per heavy atom. The Balaban J connectivity index is 1.40. The predicted molar refractivity (Wildman–Crippen MR) is 81.9 cm³/mol. The van der Waals surface area contributed by atoms with E-state index in [0.29, 0.717) is 12.1 Å². The minimum absolute atomic E-state index is 0.395. The Labute approximate surface area is 131 Å². The number of rotatable bonds is 2. The number of halogens is 1. The maximum atomic E-state index is 13.3. The standard InChI is InChI=1S/C15H14FN7/c16-13-6-10(3-4-17-13)21-7-11-5-12(8-21)23(11)15-2-1-14-19-18-9-22(14)20-15/h1-4,6,9,11-12H,5,7-8H2. The Morgan fingerprint density at radius 1 is 1.13 bits per heavy atom. The smallest absolute Gasteiger partial charge is 0.214 e. The van der Waals surface area contributed by atoms with Crippen molar-refractivity contribution in [1.29, 1.82) is 0 Å². The van der Waals surface area contributed by atoms with Crippen molar-refractivity contribution in [2.24, 2.45) is 0 Å². The lowest BCUT2D eigenvalue weighted by Crippen LogP contribution is -2.69. The highest BCUT2D eigenvalue weighted by Crippen LogP contribution is 2.37. The first-order valence-corrected chi connectivity index (χ1v) is 7.60. The normalized spacial score (nSPS) is 23.2. The number of anilines is 2. The molecule has 3 aromatic rings. The molecule has 3 fully saturated rings. The molecule has 0 aromatic carbocycles. The average molecular weight is 311 g/mol. The Kier molecular flexibility index (Phi) is 2.55. The number of nitrogens with zero attached hydrogens (tertiary/aromatic N) is 7. The molecule has 2 unspecified atom stereocenters. The van der Waals surface area contributed by atoms with E-state index in [9.17, 15) is 4.39 Å². The van der Waals surface area contributed by atoms with Crippen LogP contribution in [0.15, 0.2) is 36.8 Å². The van der Waals surface area contributed by atoms with E-state index in [1.807, 2.05) is 18.2 Å². The third kappa shape index (κ3) is 1.94. The number of pyridine rings is 1. The molecular weight excluding hydrogens is 297 g/mol. The van der Waals surface area contributed by atoms with Crippen LogP contribution in [-0.4, -0.2) is 50.0 Å². The fourth-order valence-electron chi connectivity index (χ4n) is 3.64. The first kappa shape index (κ1) is 12.7. The Hall–Kier alpha value is -2.77. The van der Waals surface area contributed by atoms with E-state index in [2.05, 4.69) is 30.1 Å². The zero-order valence-electron chi connectivity index (χ0n) is 12.2. The number of hydrogen-bond acceptors (Lipinski definition) is 6. The second kappa shape index (κ2) is 4.61. The van der Waals surface area contributed by atoms with E-state index in [0.717, 1.165) is 36.7 Å². The van der Waals surface area contributed by atoms with Crippen LogP contribution >= 0.6 is 0 Å². The van der Waals surface area contributed by atoms with Crippen LogP contribution in [0.25, 0.3) is 5.65 Å². The van der Waals surface area contributed by atoms with Crippen molar-refractivity contribution in [3.05, 3.63) is 42.7 Å². The van der Waals surface area contributed by atoms with Crippen LogP contribution < -0.4 is 9.80 Å². The molecule has 0 radical (unpaired) electrons. The van der Waals surface area contributed by atoms with Crippen molar-refractivity contribution in [2.45, 2.75) is 18.5 Å². The third-order valence-electron chi connectivity index (χ3n) is 4.68. The van der Waals surface area contributed by atoms with Crippen LogP contribution in [-0.2, 0) is 0 Å². The van der Waals surface area contributed by atoms with E-state index >= 15 is 0 Å². The fraction of sp³-hybridized carbons (Fsp3) is 0.333. The van der Waals surface area contributed by atoms with Gasteiger partial charge >= 0.3 is 0 Å². The largest absolute Gasteiger partial charge is 0.367 e. The second-order valence-electron chi connectivity index (χ2n) is 6.02. The summed E-state index contributed by atoms with van der Waals surface area (Å²) in [6, 6.07) is 8.07. The summed E-state index contributed by atoms with van der Waals surface area (Å²) in [5.41, 5.74) is 1.64. The highest BCUT2D eigenvalue weighted by Gasteiger charge is 2.45. The number of fused-ring (bicyclic) bond motifs is 3. The lowest BCUT2D eigenvalue weighted by Gasteiger charge is -2.57. The zero-order chi connectivity index (χ0) is 15.4. The monoisotopic (exact) mass is 311 g/mol. The van der Waals surface area contributed by atoms with Gasteiger partial charge in [-0.2, -0.15) is 8.91 Å². The van der Waals surface area contributed by atoms with Gasteiger partial charge in [-0.1, -0.05) is 0 Å². The van der Waals surface area contributed by atoms with Crippen LogP contribution in [0.4, 0.5) is 15.9 Å². The molecule has 7 nitrogen and oxygen atoms in total. The van der Waals surface area contributed by atoms with E-state index < -0.39 is 5.95 Å². The molecule has 8 heteroatoms. The zero-order valence-corrected chi connectivity index (χ0v) is 12.2. The van der Waals surface area contributed by atoms with E-state index in [1.165, 1.54) is 12.3 Å². The van der Waals surface area contributed by atoms with E-state index in [4.69, 9.17) is 0 Å². The van der Waals surface area contributed by atoms with Crippen molar-refractivity contribution in [1.82, 2.24) is 24.8 Å². The van der Waals surface area contributed by atoms with Gasteiger partial charge in [-0.3, -0.25) is 0 Å². The molecule has 3 aliphatic heterocycles. The van der Waals surface area contributed by atoms with Crippen molar-refractivity contribution >= 4 is 17.2 Å². The van der Waals surface area contributed by atoms with Crippen molar-refractivity contribution < 1.29 is 4.39 Å². The topological polar surface area (TPSA) is 62.5 Å². The van der Waals surface area contributed by atoms with Gasteiger partial charge in [0, 0.05) is 31.0 Å². The second-order valence-corrected chi connectivity index (χ2v) is 6.02. The predicted octanol–water partition coefficient (Wildman–Crippen LogP) is 1.13. The van der Waals surface area contributed by atoms with Crippen molar-refractivity contribution in [2.75, 3.05) is 22.9 Å². The van der Waals surface area contributed by atoms with Gasteiger partial charge in [0.05, 0.1) is 12.1 Å². The third-order valence-corrected chi connectivity index (χ3v) is 4.68. The molecular formula is C15H14FN7. The van der Waals surface area contributed by atoms with E-state index in [-0.39, 0.29) is 0 Å². The molecule has 0 aliphatic carbocycles. The maximum Gasteiger partial charge on any atom is 0.214 e. The Bertz CT molecular complexity index is 867. The fourth-order valence-corrected chi connectivity index (χ4v) is 3.64. The summed E-state index contributed by atoms with van der Waals surface area (Å²) in [5.74, 6) is 0.512. The van der Waals surface area contributed by atoms with Gasteiger partial charge in [-0.15, -0.1) is 15.3 Å². The molecule has 3 saturated heterocycles. The summed E-state index contributed by atoms with van der Waals surface area (Å²) >= 11 is 0. The van der Waals surface area contributed by atoms with Gasteiger partial charge in [0.15, 0.2) is 5.65 Å². The van der Waals surface area contributed by atoms with Gasteiger partial charge < -0.3 is 9.80 Å². The van der Waals surface area contributed by atoms with Gasteiger partial charge in [0.25, 0.3) is 0 Å². The highest BCUT2D eigenvalue weighted by molar-refractivity contribution is 5.55. The minimum Gasteiger partial charge on any atom is -0.367 e. The summed E-state index contributed by atoms with van der Waals surface area (Å²) < 4.78 is 15.0. The van der Waals surface area contributed by atoms with Crippen molar-refractivity contribution in [3.8, 4) is 0 Å². The molecule has 0 amide bonds. The first-order chi connectivity index (χ1) is 11.3. The first-order valence-electron chi connectivity index (χ1n) is 7.60. The maximum absolute atomic E-state index is 13.3. The van der Waals surface area contributed by atoms with Gasteiger partial charge in [-0.05, 0) is 24.6 Å². The van der Waals surface area contributed by atoms with Crippen LogP contribution in [0.2, 0.25) is 0 Å². The number of piperazine rings is 1. The summed E-state index contributed by atoms with van der Waals surface area (Å²) in [6.45, 7) is 1.73. The minimum atomic E-state index is -0.432. The molecule has 116 valence electrons. The molecule has 2 atom stereocenters. The SMILES string of the molecule is Fc1cc(N2CC3CC(C2)N3c2ccc3nncn3n2)ccn1. The lowest BCUT2D eigenvalue weighted by molar-refractivity contribution is 0.288. The van der Waals surface area contributed by atoms with Gasteiger partial charge in [0.1, 0.15) is 12.1 Å². The van der Waals surface area contributed by atoms with E-state index in [1.54, 1.807) is 10.8 Å². The van der Waals surface area contributed by atoms with Crippen LogP contribution in [0, 0.1) is 5.95 Å². The summed E-state index contributed by atoms with van der Waals surface area (Å²) in [7, 11) is 0. The van der Waals surface area contributed by atoms with Gasteiger partial charge in [0.2, 0.25) is 5.95 Å². The van der Waals surface area contributed by atoms with Crippen molar-refractivity contribution in [3.63, 3.8) is 0 Å². The Morgan fingerprint density at radius 3 is 2.83 bits per heavy atom. The summed E-state index contributed by atoms with van der Waals surface area (Å²) in [5, 5.41) is 12.4. The van der Waals surface area contributed by atoms with Crippen LogP contribution in [0.3, 0.4) is 0 Å². The molecule has 6 heterocycles. The number of piperidine rings is 1. The average Bonchev–Trinajstić information content (AvgIpc) is 3.02. The quantitative estimate of drug-likeness (QED) is 0.661. The molecule has 2 bridgehead atoms. The molecule has 0 spiro atoms. The van der Waals surface area contributed by atoms with Gasteiger partial charge in [-0.25, -0.2) is 4.98 Å². The van der Waals surface area contributed by atoms with Crippen LogP contribution in [0.1, 0.15) is 6.42 Å². The molecule has 3 aromatic heterocycles. The number of hydrogen-bond donors (Lipinski definition) is 0. The highest BCUT2D eigenvalue weighted by atomic mass is 19.1. The molecule has 0 saturated carbocycles. The molecule has 0 N–H and O–H groups in total. The molecule has 3 aliphatic rings. The summed E-state index contributed by atoms with van der Waals surface area (Å²) in [6.07, 6.45) is 4.27. The lowest BCUT2D eigenvalue weighted by atomic mass is 9.87. The molecule has 23 heavy (non-hydrogen) atoms. The molecule has 6 rings (SSSR count). The van der Waals surface area contributed by atoms with Crippen LogP contribution in [0.5, 0.6) is 0 Å². The summed E-state index contributed by atoms with van der Waals surface area (Å²) in [4.78, 5) is 8.18.